The Morgan fingerprint density at radius 3 is 2.86 bits per heavy atom. The average molecular weight is 283 g/mol. The molecule has 0 aliphatic heterocycles. The minimum Gasteiger partial charge on any atom is -0.345 e. The van der Waals surface area contributed by atoms with Crippen LogP contribution in [0.5, 0.6) is 0 Å². The molecule has 1 aromatic carbocycles. The molecule has 1 atom stereocenters. The van der Waals surface area contributed by atoms with Crippen LogP contribution < -0.4 is 5.32 Å². The molecule has 0 fully saturated rings. The van der Waals surface area contributed by atoms with Crippen LogP contribution in [0.3, 0.4) is 0 Å². The van der Waals surface area contributed by atoms with E-state index >= 15 is 0 Å². The summed E-state index contributed by atoms with van der Waals surface area (Å²) in [4.78, 5) is 12.4. The summed E-state index contributed by atoms with van der Waals surface area (Å²) in [5.74, 6) is -0.0549. The van der Waals surface area contributed by atoms with Gasteiger partial charge in [-0.25, -0.2) is 0 Å². The number of aromatic nitrogens is 2. The van der Waals surface area contributed by atoms with Crippen LogP contribution in [-0.2, 0) is 5.41 Å². The Bertz CT molecular complexity index is 672. The van der Waals surface area contributed by atoms with Crippen LogP contribution in [0.4, 0.5) is 0 Å². The van der Waals surface area contributed by atoms with Crippen LogP contribution in [0.15, 0.2) is 30.5 Å². The Labute approximate surface area is 125 Å². The molecule has 2 aromatic rings. The third-order valence-corrected chi connectivity index (χ3v) is 4.50. The van der Waals surface area contributed by atoms with Gasteiger partial charge >= 0.3 is 0 Å². The number of carbonyl (C=O) groups excluding carboxylic acids is 1. The third kappa shape index (κ3) is 2.46. The van der Waals surface area contributed by atoms with E-state index in [2.05, 4.69) is 47.6 Å². The molecule has 0 saturated carbocycles. The van der Waals surface area contributed by atoms with Crippen molar-refractivity contribution < 1.29 is 4.79 Å². The minimum atomic E-state index is -0.0549. The molecule has 1 amide bonds. The van der Waals surface area contributed by atoms with Crippen molar-refractivity contribution in [1.29, 1.82) is 0 Å². The Balaban J connectivity index is 1.88. The van der Waals surface area contributed by atoms with Crippen molar-refractivity contribution in [3.63, 3.8) is 0 Å². The smallest absolute Gasteiger partial charge is 0.255 e. The zero-order chi connectivity index (χ0) is 15.0. The van der Waals surface area contributed by atoms with Crippen molar-refractivity contribution >= 4 is 5.91 Å². The van der Waals surface area contributed by atoms with E-state index in [0.717, 1.165) is 18.5 Å². The summed E-state index contributed by atoms with van der Waals surface area (Å²) in [5, 5.41) is 9.88. The number of aryl methyl sites for hydroxylation is 1. The first kappa shape index (κ1) is 13.9. The lowest BCUT2D eigenvalue weighted by atomic mass is 9.71. The number of benzene rings is 1. The van der Waals surface area contributed by atoms with Crippen LogP contribution in [-0.4, -0.2) is 16.1 Å². The molecule has 1 aliphatic carbocycles. The standard InChI is InChI=1S/C17H21N3O/c1-11-13(10-18-20-11)16(21)19-15-8-9-17(2,3)14-7-5-4-6-12(14)15/h4-7,10,15H,8-9H2,1-3H3,(H,18,20)(H,19,21). The van der Waals surface area contributed by atoms with Crippen LogP contribution >= 0.6 is 0 Å². The van der Waals surface area contributed by atoms with Crippen molar-refractivity contribution in [2.45, 2.75) is 45.1 Å². The number of nitrogens with zero attached hydrogens (tertiary/aromatic N) is 1. The second-order valence-corrected chi connectivity index (χ2v) is 6.44. The lowest BCUT2D eigenvalue weighted by molar-refractivity contribution is 0.0929. The predicted molar refractivity (Wildman–Crippen MR) is 82.2 cm³/mol. The summed E-state index contributed by atoms with van der Waals surface area (Å²) < 4.78 is 0. The first-order valence-electron chi connectivity index (χ1n) is 7.39. The molecule has 1 aliphatic rings. The van der Waals surface area contributed by atoms with E-state index in [4.69, 9.17) is 0 Å². The molecule has 0 bridgehead atoms. The van der Waals surface area contributed by atoms with E-state index in [1.54, 1.807) is 6.20 Å². The molecule has 4 nitrogen and oxygen atoms in total. The minimum absolute atomic E-state index is 0.0549. The molecule has 4 heteroatoms. The quantitative estimate of drug-likeness (QED) is 0.888. The largest absolute Gasteiger partial charge is 0.345 e. The fraction of sp³-hybridized carbons (Fsp3) is 0.412. The van der Waals surface area contributed by atoms with Crippen molar-refractivity contribution in [1.82, 2.24) is 15.5 Å². The lowest BCUT2D eigenvalue weighted by Gasteiger charge is -2.37. The van der Waals surface area contributed by atoms with Gasteiger partial charge in [0.2, 0.25) is 0 Å². The highest BCUT2D eigenvalue weighted by Gasteiger charge is 2.33. The summed E-state index contributed by atoms with van der Waals surface area (Å²) >= 11 is 0. The van der Waals surface area contributed by atoms with Gasteiger partial charge in [-0.05, 0) is 36.3 Å². The first-order valence-corrected chi connectivity index (χ1v) is 7.39. The van der Waals surface area contributed by atoms with E-state index in [-0.39, 0.29) is 17.4 Å². The van der Waals surface area contributed by atoms with Gasteiger partial charge in [-0.15, -0.1) is 0 Å². The van der Waals surface area contributed by atoms with Gasteiger partial charge in [-0.2, -0.15) is 5.10 Å². The molecule has 1 heterocycles. The number of rotatable bonds is 2. The number of aromatic amines is 1. The fourth-order valence-corrected chi connectivity index (χ4v) is 3.18. The number of carbonyl (C=O) groups is 1. The average Bonchev–Trinajstić information content (AvgIpc) is 2.89. The number of fused-ring (bicyclic) bond motifs is 1. The molecular weight excluding hydrogens is 262 g/mol. The van der Waals surface area contributed by atoms with E-state index in [1.165, 1.54) is 11.1 Å². The first-order chi connectivity index (χ1) is 9.99. The summed E-state index contributed by atoms with van der Waals surface area (Å²) in [7, 11) is 0. The van der Waals surface area contributed by atoms with Crippen LogP contribution in [0, 0.1) is 6.92 Å². The van der Waals surface area contributed by atoms with Gasteiger partial charge in [-0.1, -0.05) is 38.1 Å². The van der Waals surface area contributed by atoms with E-state index in [0.29, 0.717) is 5.56 Å². The summed E-state index contributed by atoms with van der Waals surface area (Å²) in [6.45, 7) is 6.40. The number of hydrogen-bond donors (Lipinski definition) is 2. The number of amides is 1. The Kier molecular flexibility index (Phi) is 3.32. The third-order valence-electron chi connectivity index (χ3n) is 4.50. The molecule has 1 unspecified atom stereocenters. The second-order valence-electron chi connectivity index (χ2n) is 6.44. The van der Waals surface area contributed by atoms with Gasteiger partial charge in [0.05, 0.1) is 17.8 Å². The summed E-state index contributed by atoms with van der Waals surface area (Å²) in [6, 6.07) is 8.50. The molecule has 0 spiro atoms. The van der Waals surface area contributed by atoms with Gasteiger partial charge in [0, 0.05) is 5.69 Å². The van der Waals surface area contributed by atoms with Crippen molar-refractivity contribution in [3.8, 4) is 0 Å². The molecule has 2 N–H and O–H groups in total. The molecule has 0 saturated heterocycles. The molecule has 21 heavy (non-hydrogen) atoms. The van der Waals surface area contributed by atoms with Gasteiger partial charge in [0.25, 0.3) is 5.91 Å². The van der Waals surface area contributed by atoms with E-state index in [1.807, 2.05) is 13.0 Å². The number of nitrogens with one attached hydrogen (secondary N) is 2. The number of hydrogen-bond acceptors (Lipinski definition) is 2. The normalized spacial score (nSPS) is 19.9. The highest BCUT2D eigenvalue weighted by atomic mass is 16.1. The van der Waals surface area contributed by atoms with Crippen LogP contribution in [0.1, 0.15) is 59.9 Å². The van der Waals surface area contributed by atoms with E-state index in [9.17, 15) is 4.79 Å². The molecular formula is C17H21N3O. The fourth-order valence-electron chi connectivity index (χ4n) is 3.18. The van der Waals surface area contributed by atoms with Crippen LogP contribution in [0.2, 0.25) is 0 Å². The maximum absolute atomic E-state index is 12.4. The highest BCUT2D eigenvalue weighted by Crippen LogP contribution is 2.41. The zero-order valence-corrected chi connectivity index (χ0v) is 12.7. The predicted octanol–water partition coefficient (Wildman–Crippen LogP) is 3.26. The van der Waals surface area contributed by atoms with Crippen molar-refractivity contribution in [2.75, 3.05) is 0 Å². The topological polar surface area (TPSA) is 57.8 Å². The molecule has 110 valence electrons. The zero-order valence-electron chi connectivity index (χ0n) is 12.7. The maximum Gasteiger partial charge on any atom is 0.255 e. The second kappa shape index (κ2) is 5.02. The van der Waals surface area contributed by atoms with E-state index < -0.39 is 0 Å². The number of H-pyrrole nitrogens is 1. The Hall–Kier alpha value is -2.10. The van der Waals surface area contributed by atoms with Gasteiger partial charge in [0.1, 0.15) is 0 Å². The lowest BCUT2D eigenvalue weighted by Crippen LogP contribution is -2.35. The van der Waals surface area contributed by atoms with Gasteiger partial charge < -0.3 is 5.32 Å². The van der Waals surface area contributed by atoms with Gasteiger partial charge in [-0.3, -0.25) is 9.89 Å². The molecule has 1 aromatic heterocycles. The van der Waals surface area contributed by atoms with Gasteiger partial charge in [0.15, 0.2) is 0 Å². The molecule has 0 radical (unpaired) electrons. The Morgan fingerprint density at radius 2 is 2.14 bits per heavy atom. The molecule has 3 rings (SSSR count). The SMILES string of the molecule is Cc1[nH]ncc1C(=O)NC1CCC(C)(C)c2ccccc21. The monoisotopic (exact) mass is 283 g/mol. The highest BCUT2D eigenvalue weighted by molar-refractivity contribution is 5.95. The summed E-state index contributed by atoms with van der Waals surface area (Å²) in [6.07, 6.45) is 3.62. The summed E-state index contributed by atoms with van der Waals surface area (Å²) in [5.41, 5.74) is 4.17. The van der Waals surface area contributed by atoms with Crippen molar-refractivity contribution in [3.05, 3.63) is 52.8 Å². The van der Waals surface area contributed by atoms with Crippen LogP contribution in [0.25, 0.3) is 0 Å². The maximum atomic E-state index is 12.4. The Morgan fingerprint density at radius 1 is 1.38 bits per heavy atom. The van der Waals surface area contributed by atoms with Crippen molar-refractivity contribution in [2.24, 2.45) is 0 Å².